The molecule has 1 aliphatic rings. The SMILES string of the molecule is CC(C)(C)OC(=O)N1CCC(C/C=C/c2ccccn2)CC1. The molecule has 4 heteroatoms. The number of carbonyl (C=O) groups excluding carboxylic acids is 1. The van der Waals surface area contributed by atoms with Gasteiger partial charge in [0.15, 0.2) is 0 Å². The third-order valence-electron chi connectivity index (χ3n) is 3.71. The van der Waals surface area contributed by atoms with E-state index in [2.05, 4.69) is 17.1 Å². The molecule has 120 valence electrons. The van der Waals surface area contributed by atoms with E-state index < -0.39 is 5.60 Å². The lowest BCUT2D eigenvalue weighted by Crippen LogP contribution is -2.41. The Balaban J connectivity index is 1.73. The zero-order chi connectivity index (χ0) is 16.0. The minimum atomic E-state index is -0.417. The van der Waals surface area contributed by atoms with Crippen LogP contribution in [0.2, 0.25) is 0 Å². The number of hydrogen-bond acceptors (Lipinski definition) is 3. The molecule has 0 saturated carbocycles. The van der Waals surface area contributed by atoms with E-state index in [1.165, 1.54) is 0 Å². The van der Waals surface area contributed by atoms with E-state index >= 15 is 0 Å². The Bertz CT molecular complexity index is 498. The van der Waals surface area contributed by atoms with Gasteiger partial charge in [-0.15, -0.1) is 0 Å². The number of pyridine rings is 1. The summed E-state index contributed by atoms with van der Waals surface area (Å²) in [7, 11) is 0. The molecular weight excluding hydrogens is 276 g/mol. The maximum absolute atomic E-state index is 12.0. The third-order valence-corrected chi connectivity index (χ3v) is 3.71. The summed E-state index contributed by atoms with van der Waals surface area (Å²) >= 11 is 0. The van der Waals surface area contributed by atoms with Crippen molar-refractivity contribution in [1.29, 1.82) is 0 Å². The van der Waals surface area contributed by atoms with Crippen molar-refractivity contribution in [3.8, 4) is 0 Å². The van der Waals surface area contributed by atoms with E-state index in [4.69, 9.17) is 4.74 Å². The van der Waals surface area contributed by atoms with Crippen LogP contribution in [-0.4, -0.2) is 34.7 Å². The molecule has 0 aromatic carbocycles. The molecule has 2 rings (SSSR count). The molecule has 22 heavy (non-hydrogen) atoms. The molecule has 1 aliphatic heterocycles. The van der Waals surface area contributed by atoms with Crippen LogP contribution in [0, 0.1) is 5.92 Å². The lowest BCUT2D eigenvalue weighted by Gasteiger charge is -2.33. The largest absolute Gasteiger partial charge is 0.444 e. The normalized spacial score (nSPS) is 17.0. The van der Waals surface area contributed by atoms with Gasteiger partial charge < -0.3 is 9.64 Å². The molecule has 0 N–H and O–H groups in total. The fraction of sp³-hybridized carbons (Fsp3) is 0.556. The van der Waals surface area contributed by atoms with Gasteiger partial charge in [-0.2, -0.15) is 0 Å². The Kier molecular flexibility index (Phi) is 5.58. The Hall–Kier alpha value is -1.84. The summed E-state index contributed by atoms with van der Waals surface area (Å²) in [6.07, 6.45) is 8.99. The number of piperidine rings is 1. The Labute approximate surface area is 133 Å². The highest BCUT2D eigenvalue weighted by Crippen LogP contribution is 2.22. The Morgan fingerprint density at radius 1 is 1.36 bits per heavy atom. The van der Waals surface area contributed by atoms with Crippen LogP contribution in [0.15, 0.2) is 30.5 Å². The standard InChI is InChI=1S/C18H26N2O2/c1-18(2,3)22-17(21)20-13-10-15(11-14-20)7-6-9-16-8-4-5-12-19-16/h4-6,8-9,12,15H,7,10-11,13-14H2,1-3H3/b9-6+. The molecule has 1 aromatic rings. The van der Waals surface area contributed by atoms with Gasteiger partial charge in [0.2, 0.25) is 0 Å². The lowest BCUT2D eigenvalue weighted by molar-refractivity contribution is 0.0185. The summed E-state index contributed by atoms with van der Waals surface area (Å²) in [5, 5.41) is 0. The molecule has 4 nitrogen and oxygen atoms in total. The number of likely N-dealkylation sites (tertiary alicyclic amines) is 1. The molecule has 1 saturated heterocycles. The molecular formula is C18H26N2O2. The van der Waals surface area contributed by atoms with Gasteiger partial charge in [-0.05, 0) is 64.2 Å². The van der Waals surface area contributed by atoms with Gasteiger partial charge in [-0.25, -0.2) is 4.79 Å². The van der Waals surface area contributed by atoms with Crippen molar-refractivity contribution >= 4 is 12.2 Å². The highest BCUT2D eigenvalue weighted by atomic mass is 16.6. The van der Waals surface area contributed by atoms with Crippen LogP contribution in [0.5, 0.6) is 0 Å². The molecule has 2 heterocycles. The summed E-state index contributed by atoms with van der Waals surface area (Å²) < 4.78 is 5.42. The number of allylic oxidation sites excluding steroid dienone is 1. The quantitative estimate of drug-likeness (QED) is 0.843. The van der Waals surface area contributed by atoms with Crippen LogP contribution in [0.4, 0.5) is 4.79 Å². The van der Waals surface area contributed by atoms with E-state index in [0.717, 1.165) is 38.0 Å². The average molecular weight is 302 g/mol. The molecule has 1 amide bonds. The molecule has 0 unspecified atom stereocenters. The number of nitrogens with zero attached hydrogens (tertiary/aromatic N) is 2. The highest BCUT2D eigenvalue weighted by Gasteiger charge is 2.26. The number of aromatic nitrogens is 1. The number of amides is 1. The predicted molar refractivity (Wildman–Crippen MR) is 88.4 cm³/mol. The van der Waals surface area contributed by atoms with E-state index in [1.807, 2.05) is 43.9 Å². The molecule has 1 aromatic heterocycles. The van der Waals surface area contributed by atoms with Crippen molar-refractivity contribution < 1.29 is 9.53 Å². The molecule has 1 fully saturated rings. The van der Waals surface area contributed by atoms with E-state index in [-0.39, 0.29) is 6.09 Å². The van der Waals surface area contributed by atoms with Crippen molar-refractivity contribution in [2.75, 3.05) is 13.1 Å². The van der Waals surface area contributed by atoms with Crippen LogP contribution in [-0.2, 0) is 4.74 Å². The fourth-order valence-corrected chi connectivity index (χ4v) is 2.53. The molecule has 0 aliphatic carbocycles. The van der Waals surface area contributed by atoms with Crippen LogP contribution in [0.1, 0.15) is 45.7 Å². The number of rotatable bonds is 3. The summed E-state index contributed by atoms with van der Waals surface area (Å²) in [6.45, 7) is 7.29. The van der Waals surface area contributed by atoms with E-state index in [0.29, 0.717) is 5.92 Å². The summed E-state index contributed by atoms with van der Waals surface area (Å²) in [5.74, 6) is 0.638. The van der Waals surface area contributed by atoms with Crippen molar-refractivity contribution in [2.45, 2.75) is 45.6 Å². The second-order valence-electron chi connectivity index (χ2n) is 6.80. The maximum atomic E-state index is 12.0. The Morgan fingerprint density at radius 2 is 2.09 bits per heavy atom. The van der Waals surface area contributed by atoms with Gasteiger partial charge in [0, 0.05) is 19.3 Å². The van der Waals surface area contributed by atoms with E-state index in [9.17, 15) is 4.79 Å². The second kappa shape index (κ2) is 7.43. The second-order valence-corrected chi connectivity index (χ2v) is 6.80. The smallest absolute Gasteiger partial charge is 0.410 e. The van der Waals surface area contributed by atoms with Gasteiger partial charge in [0.1, 0.15) is 5.60 Å². The van der Waals surface area contributed by atoms with Crippen LogP contribution in [0.25, 0.3) is 6.08 Å². The number of hydrogen-bond donors (Lipinski definition) is 0. The zero-order valence-corrected chi connectivity index (χ0v) is 13.8. The van der Waals surface area contributed by atoms with Crippen LogP contribution in [0.3, 0.4) is 0 Å². The van der Waals surface area contributed by atoms with Crippen LogP contribution < -0.4 is 0 Å². The van der Waals surface area contributed by atoms with Gasteiger partial charge in [-0.1, -0.05) is 12.1 Å². The van der Waals surface area contributed by atoms with Crippen molar-refractivity contribution in [1.82, 2.24) is 9.88 Å². The summed E-state index contributed by atoms with van der Waals surface area (Å²) in [6, 6.07) is 5.91. The van der Waals surface area contributed by atoms with Crippen molar-refractivity contribution in [3.05, 3.63) is 36.2 Å². The average Bonchev–Trinajstić information content (AvgIpc) is 2.47. The molecule has 0 atom stereocenters. The monoisotopic (exact) mass is 302 g/mol. The summed E-state index contributed by atoms with van der Waals surface area (Å²) in [5.41, 5.74) is 0.577. The van der Waals surface area contributed by atoms with Crippen molar-refractivity contribution in [2.24, 2.45) is 5.92 Å². The van der Waals surface area contributed by atoms with Crippen molar-refractivity contribution in [3.63, 3.8) is 0 Å². The first-order chi connectivity index (χ1) is 10.4. The minimum absolute atomic E-state index is 0.185. The first-order valence-electron chi connectivity index (χ1n) is 7.99. The highest BCUT2D eigenvalue weighted by molar-refractivity contribution is 5.68. The predicted octanol–water partition coefficient (Wildman–Crippen LogP) is 4.13. The summed E-state index contributed by atoms with van der Waals surface area (Å²) in [4.78, 5) is 18.1. The number of ether oxygens (including phenoxy) is 1. The van der Waals surface area contributed by atoms with Gasteiger partial charge in [-0.3, -0.25) is 4.98 Å². The van der Waals surface area contributed by atoms with Gasteiger partial charge in [0.25, 0.3) is 0 Å². The number of carbonyl (C=O) groups is 1. The van der Waals surface area contributed by atoms with Gasteiger partial charge >= 0.3 is 6.09 Å². The lowest BCUT2D eigenvalue weighted by atomic mass is 9.93. The topological polar surface area (TPSA) is 42.4 Å². The van der Waals surface area contributed by atoms with E-state index in [1.54, 1.807) is 6.20 Å². The zero-order valence-electron chi connectivity index (χ0n) is 13.8. The maximum Gasteiger partial charge on any atom is 0.410 e. The molecule has 0 spiro atoms. The van der Waals surface area contributed by atoms with Gasteiger partial charge in [0.05, 0.1) is 5.69 Å². The first-order valence-corrected chi connectivity index (χ1v) is 7.99. The minimum Gasteiger partial charge on any atom is -0.444 e. The first kappa shape index (κ1) is 16.5. The Morgan fingerprint density at radius 3 is 2.68 bits per heavy atom. The third kappa shape index (κ3) is 5.51. The molecule has 0 radical (unpaired) electrons. The van der Waals surface area contributed by atoms with Crippen LogP contribution >= 0.6 is 0 Å². The molecule has 0 bridgehead atoms. The fourth-order valence-electron chi connectivity index (χ4n) is 2.53.